The molecule has 1 aromatic carbocycles. The fraction of sp³-hybridized carbons (Fsp3) is 0.417. The summed E-state index contributed by atoms with van der Waals surface area (Å²) in [6, 6.07) is 8.34. The van der Waals surface area contributed by atoms with Crippen molar-refractivity contribution in [3.8, 4) is 12.3 Å². The van der Waals surface area contributed by atoms with Gasteiger partial charge >= 0.3 is 0 Å². The normalized spacial score (nSPS) is 11.5. The van der Waals surface area contributed by atoms with Gasteiger partial charge in [-0.15, -0.1) is 6.42 Å². The molecule has 4 heteroatoms. The van der Waals surface area contributed by atoms with E-state index < -0.39 is 0 Å². The van der Waals surface area contributed by atoms with Gasteiger partial charge in [-0.2, -0.15) is 5.10 Å². The lowest BCUT2D eigenvalue weighted by Gasteiger charge is -2.15. The van der Waals surface area contributed by atoms with E-state index in [1.54, 1.807) is 0 Å². The zero-order chi connectivity index (χ0) is 30.9. The van der Waals surface area contributed by atoms with E-state index in [1.807, 2.05) is 44.6 Å². The second kappa shape index (κ2) is 24.3. The maximum atomic E-state index is 5.34. The van der Waals surface area contributed by atoms with Crippen LogP contribution in [0, 0.1) is 39.0 Å². The summed E-state index contributed by atoms with van der Waals surface area (Å²) < 4.78 is 1.98. The number of unbranched alkanes of at least 4 members (excludes halogenated alkanes) is 2. The van der Waals surface area contributed by atoms with Gasteiger partial charge in [0.05, 0.1) is 6.20 Å². The number of hydrogen-bond donors (Lipinski definition) is 2. The van der Waals surface area contributed by atoms with E-state index >= 15 is 0 Å². The monoisotopic (exact) mass is 544 g/mol. The highest BCUT2D eigenvalue weighted by Gasteiger charge is 2.09. The third-order valence-electron chi connectivity index (χ3n) is 5.83. The fourth-order valence-corrected chi connectivity index (χ4v) is 3.81. The number of aromatic nitrogens is 2. The summed E-state index contributed by atoms with van der Waals surface area (Å²) in [6.45, 7) is 27.0. The van der Waals surface area contributed by atoms with Gasteiger partial charge in [-0.05, 0) is 99.9 Å². The van der Waals surface area contributed by atoms with Crippen LogP contribution in [-0.4, -0.2) is 16.3 Å². The predicted molar refractivity (Wildman–Crippen MR) is 181 cm³/mol. The third kappa shape index (κ3) is 15.6. The maximum Gasteiger partial charge on any atom is 0.128 e. The molecule has 3 N–H and O–H groups in total. The standard InChI is InChI=1S/C30H39N3.C2H5N.2C2H6/c1-8-15-23(2)20-24(3)16-11-9-10-14-19-31-30(33-28(7)27(6)22-32-33)21-26(5)29-18-13-12-17-25(29)4;1-2-3;2*1-2/h1,11-13,15-18,21-22,24,31H,5,9-10,14,19-20H2,2-4,6-7H3;2H,1,3H2;2*1-2H3/b16-11+,23-15-,30-21-;;;. The number of allylic oxidation sites excluding steroid dienone is 6. The van der Waals surface area contributed by atoms with Crippen LogP contribution in [0.15, 0.2) is 79.7 Å². The summed E-state index contributed by atoms with van der Waals surface area (Å²) in [5.41, 5.74) is 11.5. The van der Waals surface area contributed by atoms with E-state index in [2.05, 4.69) is 112 Å². The van der Waals surface area contributed by atoms with E-state index in [1.165, 1.54) is 22.9 Å². The molecule has 0 radical (unpaired) electrons. The van der Waals surface area contributed by atoms with Crippen molar-refractivity contribution in [3.05, 3.63) is 102 Å². The molecule has 0 saturated heterocycles. The van der Waals surface area contributed by atoms with Gasteiger partial charge in [0.15, 0.2) is 0 Å². The smallest absolute Gasteiger partial charge is 0.128 e. The molecule has 0 amide bonds. The molecule has 2 rings (SSSR count). The van der Waals surface area contributed by atoms with Crippen LogP contribution in [-0.2, 0) is 0 Å². The topological polar surface area (TPSA) is 55.9 Å². The number of terminal acetylenes is 1. The Morgan fingerprint density at radius 2 is 1.75 bits per heavy atom. The average Bonchev–Trinajstić information content (AvgIpc) is 3.28. The summed E-state index contributed by atoms with van der Waals surface area (Å²) in [6.07, 6.45) is 21.4. The maximum absolute atomic E-state index is 5.34. The molecule has 40 heavy (non-hydrogen) atoms. The first-order valence-corrected chi connectivity index (χ1v) is 14.6. The lowest BCUT2D eigenvalue weighted by molar-refractivity contribution is 0.673. The molecule has 0 fully saturated rings. The number of benzene rings is 1. The Kier molecular flexibility index (Phi) is 23.4. The molecule has 1 aromatic heterocycles. The van der Waals surface area contributed by atoms with Crippen LogP contribution in [0.4, 0.5) is 0 Å². The van der Waals surface area contributed by atoms with Crippen LogP contribution in [0.25, 0.3) is 11.4 Å². The Morgan fingerprint density at radius 1 is 1.12 bits per heavy atom. The SMILES string of the molecule is C#C/C=C(/C)CC(C)/C=C/CCCCN/C(=C/C(=C)c1ccccc1C)n1ncc(C)c1C.C=CN.CC.CC. The third-order valence-corrected chi connectivity index (χ3v) is 5.83. The van der Waals surface area contributed by atoms with Crippen LogP contribution in [0.3, 0.4) is 0 Å². The summed E-state index contributed by atoms with van der Waals surface area (Å²) >= 11 is 0. The van der Waals surface area contributed by atoms with Crippen LogP contribution in [0.2, 0.25) is 0 Å². The number of nitrogens with one attached hydrogen (secondary N) is 1. The van der Waals surface area contributed by atoms with Crippen molar-refractivity contribution in [3.63, 3.8) is 0 Å². The lowest BCUT2D eigenvalue weighted by Crippen LogP contribution is -2.20. The minimum absolute atomic E-state index is 0.515. The van der Waals surface area contributed by atoms with Crippen LogP contribution < -0.4 is 11.1 Å². The molecule has 2 aromatic rings. The highest BCUT2D eigenvalue weighted by Crippen LogP contribution is 2.21. The molecule has 0 aliphatic rings. The van der Waals surface area contributed by atoms with E-state index in [9.17, 15) is 0 Å². The van der Waals surface area contributed by atoms with Gasteiger partial charge < -0.3 is 11.1 Å². The Morgan fingerprint density at radius 3 is 2.30 bits per heavy atom. The molecule has 1 unspecified atom stereocenters. The number of nitrogens with zero attached hydrogens (tertiary/aromatic N) is 2. The van der Waals surface area contributed by atoms with Gasteiger partial charge in [-0.25, -0.2) is 4.68 Å². The van der Waals surface area contributed by atoms with E-state index in [-0.39, 0.29) is 0 Å². The molecule has 220 valence electrons. The van der Waals surface area contributed by atoms with E-state index in [0.29, 0.717) is 5.92 Å². The van der Waals surface area contributed by atoms with Crippen molar-refractivity contribution in [2.45, 2.75) is 88.0 Å². The van der Waals surface area contributed by atoms with Crippen molar-refractivity contribution in [2.24, 2.45) is 11.7 Å². The Balaban J connectivity index is 0. The first-order chi connectivity index (χ1) is 19.2. The van der Waals surface area contributed by atoms with Crippen LogP contribution in [0.1, 0.15) is 89.6 Å². The average molecular weight is 545 g/mol. The zero-order valence-corrected chi connectivity index (χ0v) is 26.8. The first kappa shape index (κ1) is 38.4. The molecule has 0 spiro atoms. The minimum Gasteiger partial charge on any atom is -0.405 e. The Bertz CT molecular complexity index is 1110. The summed E-state index contributed by atoms with van der Waals surface area (Å²) in [5, 5.41) is 8.19. The van der Waals surface area contributed by atoms with E-state index in [0.717, 1.165) is 54.9 Å². The fourth-order valence-electron chi connectivity index (χ4n) is 3.81. The highest BCUT2D eigenvalue weighted by atomic mass is 15.3. The molecule has 0 aliphatic carbocycles. The molecule has 0 saturated carbocycles. The summed E-state index contributed by atoms with van der Waals surface area (Å²) in [7, 11) is 0. The van der Waals surface area contributed by atoms with Crippen molar-refractivity contribution < 1.29 is 0 Å². The molecular weight excluding hydrogens is 488 g/mol. The van der Waals surface area contributed by atoms with Gasteiger partial charge in [0.25, 0.3) is 0 Å². The molecule has 1 atom stereocenters. The largest absolute Gasteiger partial charge is 0.405 e. The second-order valence-corrected chi connectivity index (χ2v) is 9.12. The lowest BCUT2D eigenvalue weighted by atomic mass is 10.0. The number of hydrogen-bond acceptors (Lipinski definition) is 3. The van der Waals surface area contributed by atoms with Gasteiger partial charge in [-0.3, -0.25) is 0 Å². The number of aryl methyl sites for hydroxylation is 2. The van der Waals surface area contributed by atoms with Crippen LogP contribution >= 0.6 is 0 Å². The van der Waals surface area contributed by atoms with Crippen molar-refractivity contribution in [1.29, 1.82) is 0 Å². The first-order valence-electron chi connectivity index (χ1n) is 14.6. The van der Waals surface area contributed by atoms with Gasteiger partial charge in [0.2, 0.25) is 0 Å². The van der Waals surface area contributed by atoms with Crippen molar-refractivity contribution in [1.82, 2.24) is 15.1 Å². The van der Waals surface area contributed by atoms with E-state index in [4.69, 9.17) is 6.42 Å². The highest BCUT2D eigenvalue weighted by molar-refractivity contribution is 5.79. The summed E-state index contributed by atoms with van der Waals surface area (Å²) in [4.78, 5) is 0. The quantitative estimate of drug-likeness (QED) is 0.121. The van der Waals surface area contributed by atoms with Crippen LogP contribution in [0.5, 0.6) is 0 Å². The number of rotatable bonds is 12. The molecule has 0 aliphatic heterocycles. The van der Waals surface area contributed by atoms with Gasteiger partial charge in [-0.1, -0.05) is 95.7 Å². The zero-order valence-electron chi connectivity index (χ0n) is 26.8. The molecular formula is C36H56N4. The van der Waals surface area contributed by atoms with Gasteiger partial charge in [0, 0.05) is 12.2 Å². The predicted octanol–water partition coefficient (Wildman–Crippen LogP) is 9.38. The Hall–Kier alpha value is -3.71. The minimum atomic E-state index is 0.515. The molecule has 0 bridgehead atoms. The van der Waals surface area contributed by atoms with Crippen molar-refractivity contribution in [2.75, 3.05) is 6.54 Å². The summed E-state index contributed by atoms with van der Waals surface area (Å²) in [5.74, 6) is 4.08. The molecule has 1 heterocycles. The van der Waals surface area contributed by atoms with Gasteiger partial charge in [0.1, 0.15) is 5.82 Å². The second-order valence-electron chi connectivity index (χ2n) is 9.12. The number of nitrogens with two attached hydrogens (primary N) is 1. The molecule has 4 nitrogen and oxygen atoms in total. The Labute approximate surface area is 246 Å². The van der Waals surface area contributed by atoms with Crippen molar-refractivity contribution >= 4 is 11.4 Å².